The molecule has 104 valence electrons. The van der Waals surface area contributed by atoms with Crippen molar-refractivity contribution in [2.45, 2.75) is 13.8 Å². The van der Waals surface area contributed by atoms with Crippen molar-refractivity contribution in [3.63, 3.8) is 0 Å². The van der Waals surface area contributed by atoms with Gasteiger partial charge in [0.25, 0.3) is 5.91 Å². The van der Waals surface area contributed by atoms with Crippen LogP contribution in [0.4, 0.5) is 0 Å². The summed E-state index contributed by atoms with van der Waals surface area (Å²) < 4.78 is 0. The summed E-state index contributed by atoms with van der Waals surface area (Å²) in [4.78, 5) is 16.7. The minimum atomic E-state index is 0.149. The summed E-state index contributed by atoms with van der Waals surface area (Å²) in [6, 6.07) is 5.94. The Bertz CT molecular complexity index is 451. The van der Waals surface area contributed by atoms with E-state index in [1.54, 1.807) is 0 Å². The van der Waals surface area contributed by atoms with Crippen LogP contribution in [0.3, 0.4) is 0 Å². The van der Waals surface area contributed by atoms with Crippen molar-refractivity contribution in [2.24, 2.45) is 5.73 Å². The minimum Gasteiger partial charge on any atom is -0.336 e. The van der Waals surface area contributed by atoms with Crippen LogP contribution in [0.15, 0.2) is 18.2 Å². The van der Waals surface area contributed by atoms with Gasteiger partial charge in [-0.1, -0.05) is 6.07 Å². The van der Waals surface area contributed by atoms with Crippen molar-refractivity contribution in [2.75, 3.05) is 39.3 Å². The van der Waals surface area contributed by atoms with Crippen LogP contribution in [0.1, 0.15) is 21.5 Å². The molecule has 1 fully saturated rings. The first-order chi connectivity index (χ1) is 9.11. The number of piperazine rings is 1. The highest BCUT2D eigenvalue weighted by Gasteiger charge is 2.21. The third kappa shape index (κ3) is 3.33. The van der Waals surface area contributed by atoms with E-state index in [9.17, 15) is 4.79 Å². The van der Waals surface area contributed by atoms with Gasteiger partial charge in [-0.25, -0.2) is 0 Å². The normalized spacial score (nSPS) is 16.7. The van der Waals surface area contributed by atoms with Gasteiger partial charge in [-0.15, -0.1) is 0 Å². The number of nitrogens with two attached hydrogens (primary N) is 1. The second-order valence-electron chi connectivity index (χ2n) is 5.22. The highest BCUT2D eigenvalue weighted by molar-refractivity contribution is 5.94. The zero-order chi connectivity index (χ0) is 13.8. The molecule has 1 heterocycles. The van der Waals surface area contributed by atoms with Gasteiger partial charge in [0.05, 0.1) is 0 Å². The zero-order valence-electron chi connectivity index (χ0n) is 11.9. The van der Waals surface area contributed by atoms with E-state index in [0.717, 1.165) is 38.3 Å². The summed E-state index contributed by atoms with van der Waals surface area (Å²) in [5.41, 5.74) is 8.75. The molecule has 0 saturated carbocycles. The Labute approximate surface area is 115 Å². The van der Waals surface area contributed by atoms with E-state index in [-0.39, 0.29) is 5.91 Å². The fourth-order valence-electron chi connectivity index (χ4n) is 2.41. The topological polar surface area (TPSA) is 49.6 Å². The Hall–Kier alpha value is -1.39. The summed E-state index contributed by atoms with van der Waals surface area (Å²) in [7, 11) is 0. The van der Waals surface area contributed by atoms with Crippen LogP contribution >= 0.6 is 0 Å². The lowest BCUT2D eigenvalue weighted by molar-refractivity contribution is 0.0641. The second kappa shape index (κ2) is 6.17. The van der Waals surface area contributed by atoms with Crippen LogP contribution < -0.4 is 5.73 Å². The van der Waals surface area contributed by atoms with Crippen LogP contribution in [-0.2, 0) is 0 Å². The number of rotatable bonds is 3. The fourth-order valence-corrected chi connectivity index (χ4v) is 2.41. The third-order valence-electron chi connectivity index (χ3n) is 3.86. The van der Waals surface area contributed by atoms with Crippen molar-refractivity contribution >= 4 is 5.91 Å². The molecule has 0 unspecified atom stereocenters. The van der Waals surface area contributed by atoms with Crippen molar-refractivity contribution in [1.82, 2.24) is 9.80 Å². The molecule has 1 aliphatic rings. The second-order valence-corrected chi connectivity index (χ2v) is 5.22. The molecule has 4 heteroatoms. The average molecular weight is 261 g/mol. The predicted molar refractivity (Wildman–Crippen MR) is 77.3 cm³/mol. The maximum Gasteiger partial charge on any atom is 0.253 e. The van der Waals surface area contributed by atoms with Crippen LogP contribution in [0.2, 0.25) is 0 Å². The molecule has 0 atom stereocenters. The number of hydrogen-bond acceptors (Lipinski definition) is 3. The zero-order valence-corrected chi connectivity index (χ0v) is 11.9. The van der Waals surface area contributed by atoms with Gasteiger partial charge >= 0.3 is 0 Å². The first kappa shape index (κ1) is 14.0. The lowest BCUT2D eigenvalue weighted by Crippen LogP contribution is -2.49. The van der Waals surface area contributed by atoms with Gasteiger partial charge in [-0.3, -0.25) is 9.69 Å². The number of benzene rings is 1. The van der Waals surface area contributed by atoms with Gasteiger partial charge in [0.2, 0.25) is 0 Å². The molecular formula is C15H23N3O. The van der Waals surface area contributed by atoms with E-state index < -0.39 is 0 Å². The van der Waals surface area contributed by atoms with E-state index >= 15 is 0 Å². The molecule has 0 bridgehead atoms. The monoisotopic (exact) mass is 261 g/mol. The van der Waals surface area contributed by atoms with Crippen molar-refractivity contribution in [1.29, 1.82) is 0 Å². The summed E-state index contributed by atoms with van der Waals surface area (Å²) in [5.74, 6) is 0.149. The molecule has 1 aromatic carbocycles. The quantitative estimate of drug-likeness (QED) is 0.884. The van der Waals surface area contributed by atoms with Gasteiger partial charge < -0.3 is 10.6 Å². The number of carbonyl (C=O) groups excluding carboxylic acids is 1. The molecule has 4 nitrogen and oxygen atoms in total. The Morgan fingerprint density at radius 1 is 1.16 bits per heavy atom. The third-order valence-corrected chi connectivity index (χ3v) is 3.86. The SMILES string of the molecule is Cc1ccc(C(=O)N2CCN(CCN)CC2)cc1C. The van der Waals surface area contributed by atoms with Gasteiger partial charge in [0.1, 0.15) is 0 Å². The Balaban J connectivity index is 1.99. The minimum absolute atomic E-state index is 0.149. The Morgan fingerprint density at radius 2 is 1.84 bits per heavy atom. The first-order valence-electron chi connectivity index (χ1n) is 6.91. The number of amides is 1. The highest BCUT2D eigenvalue weighted by atomic mass is 16.2. The van der Waals surface area contributed by atoms with Gasteiger partial charge in [-0.2, -0.15) is 0 Å². The number of aryl methyl sites for hydroxylation is 2. The van der Waals surface area contributed by atoms with E-state index in [2.05, 4.69) is 11.8 Å². The van der Waals surface area contributed by atoms with E-state index in [0.29, 0.717) is 6.54 Å². The molecule has 1 amide bonds. The summed E-state index contributed by atoms with van der Waals surface area (Å²) in [6.07, 6.45) is 0. The Kier molecular flexibility index (Phi) is 4.56. The average Bonchev–Trinajstić information content (AvgIpc) is 2.42. The largest absolute Gasteiger partial charge is 0.336 e. The van der Waals surface area contributed by atoms with Crippen molar-refractivity contribution in [3.8, 4) is 0 Å². The lowest BCUT2D eigenvalue weighted by Gasteiger charge is -2.34. The van der Waals surface area contributed by atoms with E-state index in [1.165, 1.54) is 11.1 Å². The molecule has 1 saturated heterocycles. The van der Waals surface area contributed by atoms with Crippen LogP contribution in [0.25, 0.3) is 0 Å². The molecule has 1 aliphatic heterocycles. The Morgan fingerprint density at radius 3 is 2.42 bits per heavy atom. The molecule has 2 N–H and O–H groups in total. The maximum atomic E-state index is 12.4. The molecule has 0 radical (unpaired) electrons. The van der Waals surface area contributed by atoms with Crippen molar-refractivity contribution < 1.29 is 4.79 Å². The molecule has 1 aromatic rings. The van der Waals surface area contributed by atoms with Gasteiger partial charge in [0, 0.05) is 44.8 Å². The number of nitrogens with zero attached hydrogens (tertiary/aromatic N) is 2. The van der Waals surface area contributed by atoms with Crippen LogP contribution in [0, 0.1) is 13.8 Å². The molecular weight excluding hydrogens is 238 g/mol. The fraction of sp³-hybridized carbons (Fsp3) is 0.533. The first-order valence-corrected chi connectivity index (χ1v) is 6.91. The molecule has 0 aliphatic carbocycles. The summed E-state index contributed by atoms with van der Waals surface area (Å²) in [5, 5.41) is 0. The molecule has 2 rings (SSSR count). The van der Waals surface area contributed by atoms with Crippen LogP contribution in [-0.4, -0.2) is 55.0 Å². The smallest absolute Gasteiger partial charge is 0.253 e. The number of hydrogen-bond donors (Lipinski definition) is 1. The van der Waals surface area contributed by atoms with Crippen LogP contribution in [0.5, 0.6) is 0 Å². The lowest BCUT2D eigenvalue weighted by atomic mass is 10.1. The molecule has 0 spiro atoms. The molecule has 0 aromatic heterocycles. The van der Waals surface area contributed by atoms with Gasteiger partial charge in [0.15, 0.2) is 0 Å². The number of carbonyl (C=O) groups is 1. The van der Waals surface area contributed by atoms with E-state index in [4.69, 9.17) is 5.73 Å². The van der Waals surface area contributed by atoms with E-state index in [1.807, 2.05) is 30.0 Å². The molecule has 19 heavy (non-hydrogen) atoms. The summed E-state index contributed by atoms with van der Waals surface area (Å²) in [6.45, 7) is 9.16. The standard InChI is InChI=1S/C15H23N3O/c1-12-3-4-14(11-13(12)2)15(19)18-9-7-17(6-5-16)8-10-18/h3-4,11H,5-10,16H2,1-2H3. The maximum absolute atomic E-state index is 12.4. The summed E-state index contributed by atoms with van der Waals surface area (Å²) >= 11 is 0. The van der Waals surface area contributed by atoms with Gasteiger partial charge in [-0.05, 0) is 37.1 Å². The predicted octanol–water partition coefficient (Wildman–Crippen LogP) is 1.02. The highest BCUT2D eigenvalue weighted by Crippen LogP contribution is 2.13. The van der Waals surface area contributed by atoms with Crippen molar-refractivity contribution in [3.05, 3.63) is 34.9 Å².